The summed E-state index contributed by atoms with van der Waals surface area (Å²) in [5, 5.41) is 17.3. The summed E-state index contributed by atoms with van der Waals surface area (Å²) in [5.41, 5.74) is 7.51. The molecule has 0 spiro atoms. The van der Waals surface area contributed by atoms with E-state index in [4.69, 9.17) is 20.7 Å². The number of hydrogen-bond acceptors (Lipinski definition) is 5. The Morgan fingerprint density at radius 1 is 1.39 bits per heavy atom. The molecule has 2 unspecified atom stereocenters. The van der Waals surface area contributed by atoms with Gasteiger partial charge >= 0.3 is 0 Å². The fourth-order valence-corrected chi connectivity index (χ4v) is 1.19. The maximum atomic E-state index is 9.92. The van der Waals surface area contributed by atoms with Gasteiger partial charge in [0.2, 0.25) is 0 Å². The quantitative estimate of drug-likeness (QED) is 0.527. The summed E-state index contributed by atoms with van der Waals surface area (Å²) in [4.78, 5) is 9.92. The van der Waals surface area contributed by atoms with Crippen LogP contribution in [-0.2, 0) is 9.53 Å². The van der Waals surface area contributed by atoms with Crippen LogP contribution in [0.4, 0.5) is 5.69 Å². The van der Waals surface area contributed by atoms with Crippen LogP contribution in [0.3, 0.4) is 0 Å². The van der Waals surface area contributed by atoms with E-state index in [1.807, 2.05) is 31.2 Å². The van der Waals surface area contributed by atoms with Crippen molar-refractivity contribution >= 4 is 12.0 Å². The first-order valence-corrected chi connectivity index (χ1v) is 5.62. The lowest BCUT2D eigenvalue weighted by atomic mass is 10.1. The van der Waals surface area contributed by atoms with Crippen LogP contribution in [0, 0.1) is 6.92 Å². The van der Waals surface area contributed by atoms with Gasteiger partial charge in [-0.05, 0) is 19.1 Å². The minimum absolute atomic E-state index is 0.109. The van der Waals surface area contributed by atoms with Crippen molar-refractivity contribution in [2.24, 2.45) is 0 Å². The van der Waals surface area contributed by atoms with Crippen molar-refractivity contribution in [3.05, 3.63) is 29.8 Å². The fraction of sp³-hybridized carbons (Fsp3) is 0.462. The molecule has 0 aliphatic rings. The van der Waals surface area contributed by atoms with Crippen molar-refractivity contribution in [1.29, 1.82) is 0 Å². The number of aryl methyl sites for hydroxylation is 1. The molecule has 4 N–H and O–H groups in total. The third-order valence-corrected chi connectivity index (χ3v) is 2.32. The number of nitrogens with two attached hydrogens (primary N) is 1. The maximum absolute atomic E-state index is 9.92. The Morgan fingerprint density at radius 3 is 2.28 bits per heavy atom. The number of aldehydes is 1. The molecule has 1 aromatic carbocycles. The summed E-state index contributed by atoms with van der Waals surface area (Å²) in [6.07, 6.45) is -0.789. The van der Waals surface area contributed by atoms with Crippen LogP contribution in [0.2, 0.25) is 0 Å². The normalized spacial score (nSPS) is 13.1. The van der Waals surface area contributed by atoms with E-state index in [2.05, 4.69) is 0 Å². The maximum Gasteiger partial charge on any atom is 0.122 e. The molecular formula is C13H21NO4. The van der Waals surface area contributed by atoms with E-state index in [9.17, 15) is 4.79 Å². The number of carbonyl (C=O) groups is 1. The number of carbonyl (C=O) groups excluding carboxylic acids is 1. The molecule has 0 aromatic heterocycles. The number of methoxy groups -OCH3 is 1. The zero-order valence-corrected chi connectivity index (χ0v) is 10.7. The zero-order valence-electron chi connectivity index (χ0n) is 10.7. The first-order chi connectivity index (χ1) is 8.54. The number of benzene rings is 1. The van der Waals surface area contributed by atoms with Crippen molar-refractivity contribution in [3.63, 3.8) is 0 Å². The molecule has 2 atom stereocenters. The molecule has 0 fully saturated rings. The predicted octanol–water partition coefficient (Wildman–Crippen LogP) is 0.521. The van der Waals surface area contributed by atoms with E-state index in [0.29, 0.717) is 6.29 Å². The van der Waals surface area contributed by atoms with Crippen LogP contribution < -0.4 is 5.73 Å². The van der Waals surface area contributed by atoms with E-state index in [0.717, 1.165) is 5.69 Å². The highest BCUT2D eigenvalue weighted by Gasteiger charge is 2.16. The summed E-state index contributed by atoms with van der Waals surface area (Å²) in [6, 6.07) is 7.79. The number of ether oxygens (including phenoxy) is 1. The predicted molar refractivity (Wildman–Crippen MR) is 70.2 cm³/mol. The summed E-state index contributed by atoms with van der Waals surface area (Å²) < 4.78 is 4.70. The molecule has 5 nitrogen and oxygen atoms in total. The van der Waals surface area contributed by atoms with Gasteiger partial charge < -0.3 is 25.5 Å². The second kappa shape index (κ2) is 9.58. The Morgan fingerprint density at radius 2 is 1.94 bits per heavy atom. The third kappa shape index (κ3) is 7.01. The molecular weight excluding hydrogens is 234 g/mol. The lowest BCUT2D eigenvalue weighted by Crippen LogP contribution is -2.31. The Bertz CT molecular complexity index is 305. The molecule has 1 rings (SSSR count). The molecule has 0 aliphatic heterocycles. The molecule has 0 bridgehead atoms. The molecule has 1 aromatic rings. The van der Waals surface area contributed by atoms with Crippen molar-refractivity contribution in [1.82, 2.24) is 0 Å². The summed E-state index contributed by atoms with van der Waals surface area (Å²) >= 11 is 0. The van der Waals surface area contributed by atoms with Gasteiger partial charge in [0.1, 0.15) is 12.4 Å². The molecule has 5 heteroatoms. The number of aliphatic hydroxyl groups excluding tert-OH is 2. The smallest absolute Gasteiger partial charge is 0.122 e. The Kier molecular flexibility index (Phi) is 8.82. The van der Waals surface area contributed by atoms with E-state index < -0.39 is 12.2 Å². The van der Waals surface area contributed by atoms with Gasteiger partial charge in [-0.3, -0.25) is 0 Å². The van der Waals surface area contributed by atoms with Crippen molar-refractivity contribution in [3.8, 4) is 0 Å². The van der Waals surface area contributed by atoms with Gasteiger partial charge in [0.15, 0.2) is 0 Å². The zero-order chi connectivity index (χ0) is 14.0. The van der Waals surface area contributed by atoms with Gasteiger partial charge in [0.25, 0.3) is 0 Å². The highest BCUT2D eigenvalue weighted by Crippen LogP contribution is 2.02. The molecule has 0 saturated carbocycles. The molecule has 18 heavy (non-hydrogen) atoms. The number of anilines is 1. The van der Waals surface area contributed by atoms with E-state index in [-0.39, 0.29) is 13.0 Å². The van der Waals surface area contributed by atoms with Crippen LogP contribution in [0.25, 0.3) is 0 Å². The minimum Gasteiger partial charge on any atom is -0.399 e. The highest BCUT2D eigenvalue weighted by atomic mass is 16.5. The lowest BCUT2D eigenvalue weighted by molar-refractivity contribution is -0.113. The second-order valence-electron chi connectivity index (χ2n) is 3.84. The molecule has 0 radical (unpaired) electrons. The molecule has 102 valence electrons. The Labute approximate surface area is 107 Å². The van der Waals surface area contributed by atoms with Gasteiger partial charge in [-0.15, -0.1) is 0 Å². The molecule has 0 heterocycles. The van der Waals surface area contributed by atoms with Gasteiger partial charge in [0, 0.05) is 19.2 Å². The van der Waals surface area contributed by atoms with Gasteiger partial charge in [-0.25, -0.2) is 0 Å². The number of aliphatic hydroxyl groups is 2. The Hall–Kier alpha value is -1.43. The standard InChI is InChI=1S/C7H9N.C6H12O4/c1-6-2-4-7(8)5-3-6;1-10-6(2-3-7)5(9)4-8/h2-5H,8H2,1H3;3,5-6,8-9H,2,4H2,1H3. The van der Waals surface area contributed by atoms with Crippen molar-refractivity contribution in [2.75, 3.05) is 19.5 Å². The average Bonchev–Trinajstić information content (AvgIpc) is 2.39. The Balaban J connectivity index is 0.000000327. The first-order valence-electron chi connectivity index (χ1n) is 5.62. The van der Waals surface area contributed by atoms with Gasteiger partial charge in [-0.1, -0.05) is 17.7 Å². The molecule has 0 aliphatic carbocycles. The highest BCUT2D eigenvalue weighted by molar-refractivity contribution is 5.50. The van der Waals surface area contributed by atoms with Crippen LogP contribution in [-0.4, -0.2) is 42.4 Å². The van der Waals surface area contributed by atoms with Crippen LogP contribution in [0.1, 0.15) is 12.0 Å². The number of nitrogen functional groups attached to an aromatic ring is 1. The molecule has 0 amide bonds. The second-order valence-corrected chi connectivity index (χ2v) is 3.84. The van der Waals surface area contributed by atoms with Gasteiger partial charge in [-0.2, -0.15) is 0 Å². The van der Waals surface area contributed by atoms with E-state index >= 15 is 0 Å². The summed E-state index contributed by atoms with van der Waals surface area (Å²) in [6.45, 7) is 1.66. The SMILES string of the molecule is COC(CC=O)C(O)CO.Cc1ccc(N)cc1. The largest absolute Gasteiger partial charge is 0.399 e. The third-order valence-electron chi connectivity index (χ3n) is 2.32. The first kappa shape index (κ1) is 16.6. The van der Waals surface area contributed by atoms with Crippen LogP contribution >= 0.6 is 0 Å². The minimum atomic E-state index is -0.963. The van der Waals surface area contributed by atoms with Gasteiger partial charge in [0.05, 0.1) is 12.7 Å². The molecule has 0 saturated heterocycles. The fourth-order valence-electron chi connectivity index (χ4n) is 1.19. The average molecular weight is 255 g/mol. The lowest BCUT2D eigenvalue weighted by Gasteiger charge is -2.16. The topological polar surface area (TPSA) is 92.8 Å². The van der Waals surface area contributed by atoms with Crippen molar-refractivity contribution < 1.29 is 19.7 Å². The number of rotatable bonds is 5. The van der Waals surface area contributed by atoms with Crippen LogP contribution in [0.15, 0.2) is 24.3 Å². The van der Waals surface area contributed by atoms with E-state index in [1.165, 1.54) is 12.7 Å². The summed E-state index contributed by atoms with van der Waals surface area (Å²) in [5.74, 6) is 0. The summed E-state index contributed by atoms with van der Waals surface area (Å²) in [7, 11) is 1.38. The van der Waals surface area contributed by atoms with Crippen LogP contribution in [0.5, 0.6) is 0 Å². The van der Waals surface area contributed by atoms with E-state index in [1.54, 1.807) is 0 Å². The number of hydrogen-bond donors (Lipinski definition) is 3. The monoisotopic (exact) mass is 255 g/mol. The van der Waals surface area contributed by atoms with Crippen molar-refractivity contribution in [2.45, 2.75) is 25.6 Å².